The van der Waals surface area contributed by atoms with Crippen LogP contribution in [0.4, 0.5) is 28.9 Å². The molecule has 1 aliphatic heterocycles. The average Bonchev–Trinajstić information content (AvgIpc) is 3.78. The summed E-state index contributed by atoms with van der Waals surface area (Å²) in [4.78, 5) is 16.2. The van der Waals surface area contributed by atoms with Gasteiger partial charge in [0.15, 0.2) is 0 Å². The van der Waals surface area contributed by atoms with Crippen LogP contribution < -0.4 is 9.64 Å². The topological polar surface area (TPSA) is 49.8 Å². The molecule has 0 radical (unpaired) electrons. The standard InChI is InChI=1S/C26H28FNO3S2.C3H5F3/c27-17-2-4-18(5-3-17)28-10-1-11-32-22-13-21(31-16-26(8-9-26)24(29)30)23(12-20(22)28)33-19-14-25(15-19)6-7-25;1-2-3(4,5)6/h2-5,12-13,19H,1,6-11,14-16H2,(H,29,30);2H2,1H3. The average molecular weight is 584 g/mol. The molecule has 0 aromatic heterocycles. The number of nitrogens with zero attached hydrogens (tertiary/aromatic N) is 1. The predicted molar refractivity (Wildman–Crippen MR) is 147 cm³/mol. The SMILES string of the molecule is CCC(F)(F)F.O=C(O)C1(COc2cc3c(cc2SC2CC4(CC4)C2)N(c2ccc(F)cc2)CCCS3)CC1. The van der Waals surface area contributed by atoms with Crippen LogP contribution in [0.1, 0.15) is 58.3 Å². The first-order valence-corrected chi connectivity index (χ1v) is 15.3. The zero-order valence-corrected chi connectivity index (χ0v) is 23.5. The minimum atomic E-state index is -3.96. The lowest BCUT2D eigenvalue weighted by Gasteiger charge is -2.36. The molecule has 1 spiro atoms. The Morgan fingerprint density at radius 3 is 2.38 bits per heavy atom. The molecule has 39 heavy (non-hydrogen) atoms. The number of carboxylic acids is 1. The monoisotopic (exact) mass is 583 g/mol. The van der Waals surface area contributed by atoms with Crippen LogP contribution in [-0.2, 0) is 4.79 Å². The van der Waals surface area contributed by atoms with Gasteiger partial charge in [-0.2, -0.15) is 13.2 Å². The molecule has 2 aromatic carbocycles. The van der Waals surface area contributed by atoms with Crippen LogP contribution in [0.25, 0.3) is 0 Å². The van der Waals surface area contributed by atoms with Gasteiger partial charge in [0.25, 0.3) is 0 Å². The summed E-state index contributed by atoms with van der Waals surface area (Å²) in [6.07, 6.45) is 2.99. The predicted octanol–water partition coefficient (Wildman–Crippen LogP) is 8.70. The molecule has 3 saturated carbocycles. The van der Waals surface area contributed by atoms with Crippen molar-refractivity contribution in [3.8, 4) is 5.75 Å². The van der Waals surface area contributed by atoms with Crippen LogP contribution in [0.3, 0.4) is 0 Å². The Morgan fingerprint density at radius 1 is 1.15 bits per heavy atom. The van der Waals surface area contributed by atoms with Crippen molar-refractivity contribution in [2.45, 2.75) is 79.5 Å². The Hall–Kier alpha value is -2.07. The highest BCUT2D eigenvalue weighted by molar-refractivity contribution is 8.00. The molecule has 1 heterocycles. The van der Waals surface area contributed by atoms with E-state index in [-0.39, 0.29) is 12.4 Å². The van der Waals surface area contributed by atoms with Gasteiger partial charge in [-0.1, -0.05) is 6.92 Å². The third-order valence-electron chi connectivity index (χ3n) is 8.02. The van der Waals surface area contributed by atoms with E-state index in [1.54, 1.807) is 0 Å². The van der Waals surface area contributed by atoms with Gasteiger partial charge in [0, 0.05) is 28.8 Å². The molecule has 3 fully saturated rings. The Labute approximate surface area is 234 Å². The van der Waals surface area contributed by atoms with E-state index in [4.69, 9.17) is 4.74 Å². The number of anilines is 2. The third-order valence-corrected chi connectivity index (χ3v) is 10.4. The molecule has 0 atom stereocenters. The quantitative estimate of drug-likeness (QED) is 0.329. The van der Waals surface area contributed by atoms with Crippen LogP contribution in [0.15, 0.2) is 46.2 Å². The first-order valence-electron chi connectivity index (χ1n) is 13.5. The third kappa shape index (κ3) is 6.81. The summed E-state index contributed by atoms with van der Waals surface area (Å²) in [6.45, 7) is 2.19. The molecule has 0 saturated heterocycles. The number of hydrogen-bond acceptors (Lipinski definition) is 5. The molecule has 0 bridgehead atoms. The maximum absolute atomic E-state index is 13.6. The summed E-state index contributed by atoms with van der Waals surface area (Å²) in [5.74, 6) is 0.838. The number of rotatable bonds is 7. The highest BCUT2D eigenvalue weighted by Crippen LogP contribution is 2.65. The van der Waals surface area contributed by atoms with Crippen molar-refractivity contribution in [3.05, 3.63) is 42.2 Å². The van der Waals surface area contributed by atoms with E-state index in [0.29, 0.717) is 23.5 Å². The number of alkyl halides is 3. The number of benzene rings is 2. The number of carbonyl (C=O) groups is 1. The maximum atomic E-state index is 13.6. The molecule has 0 unspecified atom stereocenters. The molecule has 6 rings (SSSR count). The summed E-state index contributed by atoms with van der Waals surface area (Å²) < 4.78 is 52.2. The number of aliphatic carboxylic acids is 1. The molecular formula is C29H33F4NO3S2. The molecule has 3 aliphatic carbocycles. The minimum absolute atomic E-state index is 0.227. The molecule has 4 nitrogen and oxygen atoms in total. The van der Waals surface area contributed by atoms with E-state index in [0.717, 1.165) is 52.6 Å². The van der Waals surface area contributed by atoms with Crippen LogP contribution in [0, 0.1) is 16.6 Å². The second-order valence-electron chi connectivity index (χ2n) is 11.1. The molecule has 10 heteroatoms. The number of fused-ring (bicyclic) bond motifs is 1. The Bertz CT molecular complexity index is 1190. The van der Waals surface area contributed by atoms with Crippen molar-refractivity contribution >= 4 is 40.9 Å². The molecule has 2 aromatic rings. The van der Waals surface area contributed by atoms with Gasteiger partial charge in [0.2, 0.25) is 0 Å². The summed E-state index contributed by atoms with van der Waals surface area (Å²) in [7, 11) is 0. The van der Waals surface area contributed by atoms with E-state index in [1.165, 1.54) is 37.8 Å². The number of hydrogen-bond donors (Lipinski definition) is 1. The maximum Gasteiger partial charge on any atom is 0.388 e. The van der Waals surface area contributed by atoms with Crippen molar-refractivity contribution < 1.29 is 32.2 Å². The molecule has 212 valence electrons. The van der Waals surface area contributed by atoms with E-state index < -0.39 is 24.0 Å². The van der Waals surface area contributed by atoms with Crippen molar-refractivity contribution in [2.24, 2.45) is 10.8 Å². The smallest absolute Gasteiger partial charge is 0.388 e. The number of carboxylic acid groups (broad SMARTS) is 1. The second-order valence-corrected chi connectivity index (χ2v) is 13.6. The van der Waals surface area contributed by atoms with Gasteiger partial charge >= 0.3 is 12.1 Å². The van der Waals surface area contributed by atoms with Gasteiger partial charge in [-0.3, -0.25) is 4.79 Å². The van der Waals surface area contributed by atoms with Crippen molar-refractivity contribution in [2.75, 3.05) is 23.8 Å². The lowest BCUT2D eigenvalue weighted by molar-refractivity contribution is -0.144. The number of thioether (sulfide) groups is 2. The molecule has 1 N–H and O–H groups in total. The first kappa shape index (κ1) is 28.5. The van der Waals surface area contributed by atoms with Gasteiger partial charge in [-0.05, 0) is 92.5 Å². The fourth-order valence-electron chi connectivity index (χ4n) is 5.02. The summed E-state index contributed by atoms with van der Waals surface area (Å²) in [5.41, 5.74) is 2.05. The normalized spacial score (nSPS) is 20.7. The van der Waals surface area contributed by atoms with Gasteiger partial charge in [0.1, 0.15) is 23.6 Å². The van der Waals surface area contributed by atoms with E-state index in [9.17, 15) is 27.5 Å². The zero-order chi connectivity index (χ0) is 27.8. The van der Waals surface area contributed by atoms with Crippen molar-refractivity contribution in [1.29, 1.82) is 0 Å². The first-order chi connectivity index (χ1) is 18.5. The summed E-state index contributed by atoms with van der Waals surface area (Å²) in [6, 6.07) is 11.1. The highest BCUT2D eigenvalue weighted by atomic mass is 32.2. The van der Waals surface area contributed by atoms with Crippen LogP contribution in [0.2, 0.25) is 0 Å². The number of halogens is 4. The van der Waals surface area contributed by atoms with Crippen molar-refractivity contribution in [1.82, 2.24) is 0 Å². The Kier molecular flexibility index (Phi) is 8.08. The summed E-state index contributed by atoms with van der Waals surface area (Å²) in [5, 5.41) is 10.2. The Balaban J connectivity index is 0.000000465. The summed E-state index contributed by atoms with van der Waals surface area (Å²) >= 11 is 3.71. The van der Waals surface area contributed by atoms with Gasteiger partial charge in [-0.25, -0.2) is 4.39 Å². The van der Waals surface area contributed by atoms with E-state index >= 15 is 0 Å². The lowest BCUT2D eigenvalue weighted by Crippen LogP contribution is -2.27. The largest absolute Gasteiger partial charge is 0.491 e. The van der Waals surface area contributed by atoms with Crippen molar-refractivity contribution in [3.63, 3.8) is 0 Å². The van der Waals surface area contributed by atoms with Gasteiger partial charge < -0.3 is 14.7 Å². The Morgan fingerprint density at radius 2 is 1.82 bits per heavy atom. The van der Waals surface area contributed by atoms with Gasteiger partial charge in [0.05, 0.1) is 10.6 Å². The van der Waals surface area contributed by atoms with E-state index in [2.05, 4.69) is 17.0 Å². The zero-order valence-electron chi connectivity index (χ0n) is 21.9. The van der Waals surface area contributed by atoms with E-state index in [1.807, 2.05) is 35.7 Å². The molecule has 4 aliphatic rings. The van der Waals surface area contributed by atoms with Crippen LogP contribution in [0.5, 0.6) is 5.75 Å². The van der Waals surface area contributed by atoms with Crippen LogP contribution in [-0.4, -0.2) is 41.4 Å². The van der Waals surface area contributed by atoms with Crippen LogP contribution >= 0.6 is 23.5 Å². The van der Waals surface area contributed by atoms with Gasteiger partial charge in [-0.15, -0.1) is 23.5 Å². The molecular weight excluding hydrogens is 550 g/mol. The fourth-order valence-corrected chi connectivity index (χ4v) is 7.66. The highest BCUT2D eigenvalue weighted by Gasteiger charge is 2.53. The minimum Gasteiger partial charge on any atom is -0.491 e. The lowest BCUT2D eigenvalue weighted by atomic mass is 9.81. The molecule has 0 amide bonds. The fraction of sp³-hybridized carbons (Fsp3) is 0.552. The second kappa shape index (κ2) is 11.1. The number of ether oxygens (including phenoxy) is 1.